The number of rotatable bonds is 9. The van der Waals surface area contributed by atoms with Crippen LogP contribution >= 0.6 is 11.3 Å². The third-order valence-corrected chi connectivity index (χ3v) is 8.12. The van der Waals surface area contributed by atoms with Gasteiger partial charge in [0.1, 0.15) is 17.4 Å². The zero-order chi connectivity index (χ0) is 20.9. The summed E-state index contributed by atoms with van der Waals surface area (Å²) in [4.78, 5) is 6.93. The Balaban J connectivity index is 1.48. The van der Waals surface area contributed by atoms with Gasteiger partial charge in [-0.2, -0.15) is 17.0 Å². The van der Waals surface area contributed by atoms with Crippen molar-refractivity contribution in [3.05, 3.63) is 45.9 Å². The molecule has 1 aromatic carbocycles. The number of aryl methyl sites for hydroxylation is 1. The Bertz CT molecular complexity index is 871. The van der Waals surface area contributed by atoms with Crippen molar-refractivity contribution in [1.29, 1.82) is 0 Å². The molecular weight excluding hydrogens is 408 g/mol. The van der Waals surface area contributed by atoms with E-state index in [1.807, 2.05) is 38.1 Å². The number of aromatic nitrogens is 1. The summed E-state index contributed by atoms with van der Waals surface area (Å²) in [5, 5.41) is 3.01. The maximum Gasteiger partial charge on any atom is 0.282 e. The average molecular weight is 439 g/mol. The maximum atomic E-state index is 12.6. The minimum Gasteiger partial charge on any atom is -0.486 e. The summed E-state index contributed by atoms with van der Waals surface area (Å²) < 4.78 is 34.2. The van der Waals surface area contributed by atoms with Gasteiger partial charge >= 0.3 is 0 Å². The van der Waals surface area contributed by atoms with Gasteiger partial charge in [-0.05, 0) is 19.1 Å². The second kappa shape index (κ2) is 9.99. The van der Waals surface area contributed by atoms with Crippen molar-refractivity contribution < 1.29 is 13.2 Å². The van der Waals surface area contributed by atoms with Crippen molar-refractivity contribution in [2.45, 2.75) is 33.9 Å². The minimum atomic E-state index is -3.34. The molecule has 0 spiro atoms. The highest BCUT2D eigenvalue weighted by atomic mass is 32.2. The summed E-state index contributed by atoms with van der Waals surface area (Å²) in [6.07, 6.45) is 0. The Morgan fingerprint density at radius 3 is 2.38 bits per heavy atom. The third-order valence-electron chi connectivity index (χ3n) is 5.06. The molecule has 1 saturated heterocycles. The molecule has 0 unspecified atom stereocenters. The summed E-state index contributed by atoms with van der Waals surface area (Å²) >= 11 is 1.60. The molecule has 0 N–H and O–H groups in total. The van der Waals surface area contributed by atoms with Crippen LogP contribution in [-0.4, -0.2) is 66.2 Å². The Kier molecular flexibility index (Phi) is 7.64. The zero-order valence-electron chi connectivity index (χ0n) is 17.4. The van der Waals surface area contributed by atoms with E-state index in [-0.39, 0.29) is 0 Å². The van der Waals surface area contributed by atoms with Gasteiger partial charge in [-0.3, -0.25) is 4.90 Å². The molecule has 2 heterocycles. The topological polar surface area (TPSA) is 66.0 Å². The van der Waals surface area contributed by atoms with E-state index in [1.54, 1.807) is 15.6 Å². The minimum absolute atomic E-state index is 0.462. The lowest BCUT2D eigenvalue weighted by Gasteiger charge is -2.36. The van der Waals surface area contributed by atoms with Crippen LogP contribution in [0.1, 0.15) is 30.1 Å². The maximum absolute atomic E-state index is 12.6. The largest absolute Gasteiger partial charge is 0.486 e. The van der Waals surface area contributed by atoms with Crippen molar-refractivity contribution in [1.82, 2.24) is 18.5 Å². The van der Waals surface area contributed by atoms with Crippen LogP contribution in [0.25, 0.3) is 0 Å². The summed E-state index contributed by atoms with van der Waals surface area (Å²) in [5.41, 5.74) is 2.22. The molecule has 1 aromatic heterocycles. The molecule has 3 rings (SSSR count). The first kappa shape index (κ1) is 22.2. The van der Waals surface area contributed by atoms with Crippen LogP contribution in [0.15, 0.2) is 29.6 Å². The molecule has 9 heteroatoms. The average Bonchev–Trinajstić information content (AvgIpc) is 3.16. The number of benzene rings is 1. The van der Waals surface area contributed by atoms with Crippen LogP contribution in [0.3, 0.4) is 0 Å². The fourth-order valence-electron chi connectivity index (χ4n) is 3.33. The Morgan fingerprint density at radius 1 is 1.10 bits per heavy atom. The molecule has 1 aliphatic rings. The van der Waals surface area contributed by atoms with Gasteiger partial charge in [0.2, 0.25) is 0 Å². The van der Waals surface area contributed by atoms with Gasteiger partial charge in [-0.15, -0.1) is 11.3 Å². The summed E-state index contributed by atoms with van der Waals surface area (Å²) in [6, 6.07) is 8.00. The van der Waals surface area contributed by atoms with E-state index in [1.165, 1.54) is 9.87 Å². The lowest BCUT2D eigenvalue weighted by Crippen LogP contribution is -2.52. The predicted molar refractivity (Wildman–Crippen MR) is 116 cm³/mol. The van der Waals surface area contributed by atoms with E-state index in [4.69, 9.17) is 4.74 Å². The number of hydrogen-bond donors (Lipinski definition) is 0. The fourth-order valence-corrected chi connectivity index (χ4v) is 5.63. The van der Waals surface area contributed by atoms with Crippen molar-refractivity contribution in [2.75, 3.05) is 39.3 Å². The van der Waals surface area contributed by atoms with E-state index < -0.39 is 10.2 Å². The number of hydrogen-bond acceptors (Lipinski definition) is 6. The van der Waals surface area contributed by atoms with Gasteiger partial charge in [-0.25, -0.2) is 4.98 Å². The number of ether oxygens (including phenoxy) is 1. The van der Waals surface area contributed by atoms with Crippen molar-refractivity contribution in [3.63, 3.8) is 0 Å². The van der Waals surface area contributed by atoms with Crippen LogP contribution in [0.2, 0.25) is 0 Å². The molecule has 0 amide bonds. The van der Waals surface area contributed by atoms with Crippen molar-refractivity contribution in [3.8, 4) is 5.75 Å². The first-order valence-electron chi connectivity index (χ1n) is 10.0. The SMILES string of the molecule is CCN(CC)S(=O)(=O)N1CCN(Cc2csc(COc3ccc(C)cc3)n2)CC1. The van der Waals surface area contributed by atoms with Crippen LogP contribution in [-0.2, 0) is 23.4 Å². The lowest BCUT2D eigenvalue weighted by molar-refractivity contribution is 0.174. The van der Waals surface area contributed by atoms with E-state index in [2.05, 4.69) is 22.2 Å². The molecular formula is C20H30N4O3S2. The highest BCUT2D eigenvalue weighted by molar-refractivity contribution is 7.86. The van der Waals surface area contributed by atoms with Crippen LogP contribution in [0, 0.1) is 6.92 Å². The number of thiazole rings is 1. The van der Waals surface area contributed by atoms with Gasteiger partial charge in [0.05, 0.1) is 5.69 Å². The monoisotopic (exact) mass is 438 g/mol. The Labute approximate surface area is 178 Å². The molecule has 1 aliphatic heterocycles. The van der Waals surface area contributed by atoms with E-state index in [0.29, 0.717) is 45.9 Å². The fraction of sp³-hybridized carbons (Fsp3) is 0.550. The normalized spacial score (nSPS) is 16.4. The van der Waals surface area contributed by atoms with Gasteiger partial charge in [0, 0.05) is 51.2 Å². The standard InChI is InChI=1S/C20H30N4O3S2/c1-4-23(5-2)29(25,26)24-12-10-22(11-13-24)14-18-16-28-20(21-18)15-27-19-8-6-17(3)7-9-19/h6-9,16H,4-5,10-15H2,1-3H3. The quantitative estimate of drug-likeness (QED) is 0.602. The molecule has 0 bridgehead atoms. The summed E-state index contributed by atoms with van der Waals surface area (Å²) in [6.45, 7) is 10.5. The van der Waals surface area contributed by atoms with E-state index >= 15 is 0 Å². The summed E-state index contributed by atoms with van der Waals surface area (Å²) in [5.74, 6) is 0.845. The molecule has 0 atom stereocenters. The molecule has 7 nitrogen and oxygen atoms in total. The van der Waals surface area contributed by atoms with Gasteiger partial charge in [-0.1, -0.05) is 31.5 Å². The first-order valence-corrected chi connectivity index (χ1v) is 12.3. The highest BCUT2D eigenvalue weighted by Crippen LogP contribution is 2.18. The first-order chi connectivity index (χ1) is 13.9. The van der Waals surface area contributed by atoms with Crippen LogP contribution in [0.4, 0.5) is 0 Å². The summed E-state index contributed by atoms with van der Waals surface area (Å²) in [7, 11) is -3.34. The molecule has 1 fully saturated rings. The third kappa shape index (κ3) is 5.76. The molecule has 0 saturated carbocycles. The Hall–Kier alpha value is -1.52. The molecule has 0 radical (unpaired) electrons. The van der Waals surface area contributed by atoms with Crippen molar-refractivity contribution >= 4 is 21.5 Å². The van der Waals surface area contributed by atoms with Gasteiger partial charge in [0.15, 0.2) is 0 Å². The van der Waals surface area contributed by atoms with Crippen molar-refractivity contribution in [2.24, 2.45) is 0 Å². The molecule has 2 aromatic rings. The van der Waals surface area contributed by atoms with E-state index in [0.717, 1.165) is 23.0 Å². The highest BCUT2D eigenvalue weighted by Gasteiger charge is 2.30. The number of piperazine rings is 1. The second-order valence-electron chi connectivity index (χ2n) is 7.10. The Morgan fingerprint density at radius 2 is 1.76 bits per heavy atom. The zero-order valence-corrected chi connectivity index (χ0v) is 19.0. The van der Waals surface area contributed by atoms with Gasteiger partial charge in [0.25, 0.3) is 10.2 Å². The van der Waals surface area contributed by atoms with E-state index in [9.17, 15) is 8.42 Å². The van der Waals surface area contributed by atoms with Crippen LogP contribution < -0.4 is 4.74 Å². The molecule has 0 aliphatic carbocycles. The lowest BCUT2D eigenvalue weighted by atomic mass is 10.2. The van der Waals surface area contributed by atoms with Crippen LogP contribution in [0.5, 0.6) is 5.75 Å². The second-order valence-corrected chi connectivity index (χ2v) is 9.97. The smallest absolute Gasteiger partial charge is 0.282 e. The molecule has 160 valence electrons. The number of nitrogens with zero attached hydrogens (tertiary/aromatic N) is 4. The predicted octanol–water partition coefficient (Wildman–Crippen LogP) is 2.73. The molecule has 29 heavy (non-hydrogen) atoms. The van der Waals surface area contributed by atoms with Gasteiger partial charge < -0.3 is 4.74 Å².